The lowest BCUT2D eigenvalue weighted by atomic mass is 10.3. The van der Waals surface area contributed by atoms with E-state index in [1.807, 2.05) is 6.92 Å². The average Bonchev–Trinajstić information content (AvgIpc) is 2.52. The quantitative estimate of drug-likeness (QED) is 0.268. The summed E-state index contributed by atoms with van der Waals surface area (Å²) < 4.78 is 5.57. The Morgan fingerprint density at radius 1 is 1.29 bits per heavy atom. The summed E-state index contributed by atoms with van der Waals surface area (Å²) in [6.07, 6.45) is 0. The van der Waals surface area contributed by atoms with Gasteiger partial charge in [-0.25, -0.2) is 4.99 Å². The van der Waals surface area contributed by atoms with Gasteiger partial charge in [0.15, 0.2) is 5.96 Å². The molecule has 0 saturated carbocycles. The lowest BCUT2D eigenvalue weighted by molar-refractivity contribution is -0.127. The molecule has 1 amide bonds. The third kappa shape index (κ3) is 8.25. The summed E-state index contributed by atoms with van der Waals surface area (Å²) >= 11 is 12.0. The summed E-state index contributed by atoms with van der Waals surface area (Å²) in [5, 5.41) is 7.00. The SMILES string of the molecule is CCNC(=NCC(=O)N(C)C)NCCOc1cccc(Cl)c1Cl.I. The van der Waals surface area contributed by atoms with Crippen molar-refractivity contribution in [3.63, 3.8) is 0 Å². The molecule has 6 nitrogen and oxygen atoms in total. The van der Waals surface area contributed by atoms with E-state index in [0.29, 0.717) is 41.5 Å². The molecular formula is C15H23Cl2IN4O2. The molecule has 0 aromatic heterocycles. The number of hydrogen-bond donors (Lipinski definition) is 2. The summed E-state index contributed by atoms with van der Waals surface area (Å²) in [6.45, 7) is 3.62. The van der Waals surface area contributed by atoms with Crippen LogP contribution >= 0.6 is 47.2 Å². The smallest absolute Gasteiger partial charge is 0.243 e. The van der Waals surface area contributed by atoms with Crippen LogP contribution in [0, 0.1) is 0 Å². The van der Waals surface area contributed by atoms with Gasteiger partial charge in [-0.05, 0) is 19.1 Å². The van der Waals surface area contributed by atoms with Crippen molar-refractivity contribution in [1.82, 2.24) is 15.5 Å². The highest BCUT2D eigenvalue weighted by molar-refractivity contribution is 14.0. The Balaban J connectivity index is 0.00000529. The number of nitrogens with zero attached hydrogens (tertiary/aromatic N) is 2. The van der Waals surface area contributed by atoms with Gasteiger partial charge < -0.3 is 20.3 Å². The minimum Gasteiger partial charge on any atom is -0.490 e. The fourth-order valence-electron chi connectivity index (χ4n) is 1.56. The average molecular weight is 489 g/mol. The van der Waals surface area contributed by atoms with Gasteiger partial charge in [0.25, 0.3) is 0 Å². The Hall–Kier alpha value is -0.930. The first-order valence-electron chi connectivity index (χ1n) is 7.24. The normalized spacial score (nSPS) is 10.6. The highest BCUT2D eigenvalue weighted by Gasteiger charge is 2.06. The summed E-state index contributed by atoms with van der Waals surface area (Å²) in [7, 11) is 3.39. The number of aliphatic imine (C=N–C) groups is 1. The van der Waals surface area contributed by atoms with E-state index in [0.717, 1.165) is 0 Å². The molecule has 0 atom stereocenters. The van der Waals surface area contributed by atoms with Crippen molar-refractivity contribution in [2.45, 2.75) is 6.92 Å². The maximum atomic E-state index is 11.5. The summed E-state index contributed by atoms with van der Waals surface area (Å²) in [5.74, 6) is 1.03. The van der Waals surface area contributed by atoms with Crippen molar-refractivity contribution in [2.75, 3.05) is 40.3 Å². The molecule has 1 aromatic carbocycles. The van der Waals surface area contributed by atoms with Crippen molar-refractivity contribution < 1.29 is 9.53 Å². The number of hydrogen-bond acceptors (Lipinski definition) is 3. The van der Waals surface area contributed by atoms with Crippen LogP contribution in [0.3, 0.4) is 0 Å². The van der Waals surface area contributed by atoms with Gasteiger partial charge in [0.2, 0.25) is 5.91 Å². The number of halogens is 3. The highest BCUT2D eigenvalue weighted by Crippen LogP contribution is 2.31. The minimum absolute atomic E-state index is 0. The molecule has 136 valence electrons. The van der Waals surface area contributed by atoms with Crippen LogP contribution in [0.5, 0.6) is 5.75 Å². The number of carbonyl (C=O) groups excluding carboxylic acids is 1. The van der Waals surface area contributed by atoms with Crippen LogP contribution < -0.4 is 15.4 Å². The van der Waals surface area contributed by atoms with Crippen LogP contribution in [-0.4, -0.2) is 57.1 Å². The van der Waals surface area contributed by atoms with Crippen LogP contribution in [0.25, 0.3) is 0 Å². The van der Waals surface area contributed by atoms with Gasteiger partial charge in [-0.3, -0.25) is 4.79 Å². The van der Waals surface area contributed by atoms with E-state index in [2.05, 4.69) is 15.6 Å². The summed E-state index contributed by atoms with van der Waals surface area (Å²) in [5.41, 5.74) is 0. The van der Waals surface area contributed by atoms with Gasteiger partial charge in [0.05, 0.1) is 11.6 Å². The molecule has 0 fully saturated rings. The molecule has 0 spiro atoms. The van der Waals surface area contributed by atoms with Gasteiger partial charge in [-0.15, -0.1) is 24.0 Å². The van der Waals surface area contributed by atoms with Gasteiger partial charge in [0, 0.05) is 20.6 Å². The minimum atomic E-state index is -0.0656. The number of carbonyl (C=O) groups is 1. The van der Waals surface area contributed by atoms with Gasteiger partial charge >= 0.3 is 0 Å². The van der Waals surface area contributed by atoms with E-state index in [9.17, 15) is 4.79 Å². The molecule has 0 saturated heterocycles. The number of ether oxygens (including phenoxy) is 1. The van der Waals surface area contributed by atoms with E-state index in [4.69, 9.17) is 27.9 Å². The Labute approximate surface area is 169 Å². The Morgan fingerprint density at radius 2 is 2.00 bits per heavy atom. The first-order valence-corrected chi connectivity index (χ1v) is 8.00. The molecule has 0 heterocycles. The van der Waals surface area contributed by atoms with E-state index in [1.54, 1.807) is 32.3 Å². The van der Waals surface area contributed by atoms with Crippen molar-refractivity contribution in [2.24, 2.45) is 4.99 Å². The van der Waals surface area contributed by atoms with Crippen molar-refractivity contribution in [3.8, 4) is 5.75 Å². The van der Waals surface area contributed by atoms with Crippen molar-refractivity contribution in [3.05, 3.63) is 28.2 Å². The zero-order valence-corrected chi connectivity index (χ0v) is 17.8. The molecule has 1 rings (SSSR count). The zero-order valence-electron chi connectivity index (χ0n) is 13.9. The zero-order chi connectivity index (χ0) is 17.2. The fourth-order valence-corrected chi connectivity index (χ4v) is 1.90. The second kappa shape index (κ2) is 12.4. The standard InChI is InChI=1S/C15H22Cl2N4O2.HI/c1-4-18-15(20-10-13(22)21(2)3)19-8-9-23-12-7-5-6-11(16)14(12)17;/h5-7H,4,8-10H2,1-3H3,(H2,18,19,20);1H. The van der Waals surface area contributed by atoms with Crippen LogP contribution in [0.4, 0.5) is 0 Å². The maximum Gasteiger partial charge on any atom is 0.243 e. The fraction of sp³-hybridized carbons (Fsp3) is 0.467. The van der Waals surface area contributed by atoms with Crippen LogP contribution in [0.2, 0.25) is 10.0 Å². The number of nitrogens with one attached hydrogen (secondary N) is 2. The van der Waals surface area contributed by atoms with Gasteiger partial charge in [-0.2, -0.15) is 0 Å². The maximum absolute atomic E-state index is 11.5. The highest BCUT2D eigenvalue weighted by atomic mass is 127. The summed E-state index contributed by atoms with van der Waals surface area (Å²) in [4.78, 5) is 17.3. The molecule has 0 aliphatic heterocycles. The number of amides is 1. The number of guanidine groups is 1. The summed E-state index contributed by atoms with van der Waals surface area (Å²) in [6, 6.07) is 5.23. The topological polar surface area (TPSA) is 66.0 Å². The molecule has 0 aliphatic carbocycles. The predicted molar refractivity (Wildman–Crippen MR) is 110 cm³/mol. The molecule has 24 heavy (non-hydrogen) atoms. The Bertz CT molecular complexity index is 556. The van der Waals surface area contributed by atoms with Crippen LogP contribution in [-0.2, 0) is 4.79 Å². The van der Waals surface area contributed by atoms with E-state index >= 15 is 0 Å². The molecule has 0 unspecified atom stereocenters. The number of rotatable bonds is 7. The predicted octanol–water partition coefficient (Wildman–Crippen LogP) is 2.63. The van der Waals surface area contributed by atoms with Crippen LogP contribution in [0.1, 0.15) is 6.92 Å². The monoisotopic (exact) mass is 488 g/mol. The Kier molecular flexibility index (Phi) is 12.0. The molecule has 9 heteroatoms. The molecule has 0 radical (unpaired) electrons. The number of benzene rings is 1. The van der Waals surface area contributed by atoms with Gasteiger partial charge in [-0.1, -0.05) is 29.3 Å². The molecule has 0 aliphatic rings. The molecular weight excluding hydrogens is 466 g/mol. The number of likely N-dealkylation sites (N-methyl/N-ethyl adjacent to an activating group) is 1. The first-order chi connectivity index (χ1) is 11.0. The molecule has 2 N–H and O–H groups in total. The van der Waals surface area contributed by atoms with Crippen molar-refractivity contribution in [1.29, 1.82) is 0 Å². The first kappa shape index (κ1) is 23.1. The lowest BCUT2D eigenvalue weighted by Gasteiger charge is -2.13. The molecule has 1 aromatic rings. The Morgan fingerprint density at radius 3 is 2.62 bits per heavy atom. The van der Waals surface area contributed by atoms with Crippen LogP contribution in [0.15, 0.2) is 23.2 Å². The largest absolute Gasteiger partial charge is 0.490 e. The van der Waals surface area contributed by atoms with E-state index in [-0.39, 0.29) is 36.4 Å². The lowest BCUT2D eigenvalue weighted by Crippen LogP contribution is -2.40. The molecule has 0 bridgehead atoms. The second-order valence-corrected chi connectivity index (χ2v) is 5.60. The second-order valence-electron chi connectivity index (χ2n) is 4.81. The van der Waals surface area contributed by atoms with E-state index in [1.165, 1.54) is 4.90 Å². The van der Waals surface area contributed by atoms with E-state index < -0.39 is 0 Å². The third-order valence-corrected chi connectivity index (χ3v) is 3.59. The van der Waals surface area contributed by atoms with Crippen molar-refractivity contribution >= 4 is 59.0 Å². The van der Waals surface area contributed by atoms with Gasteiger partial charge in [0.1, 0.15) is 23.9 Å². The third-order valence-electron chi connectivity index (χ3n) is 2.78.